The molecule has 6 heteroatoms. The topological polar surface area (TPSA) is 59.6 Å². The minimum Gasteiger partial charge on any atom is -0.493 e. The third-order valence-electron chi connectivity index (χ3n) is 5.79. The number of nitrogens with one attached hydrogen (secondary N) is 2. The summed E-state index contributed by atoms with van der Waals surface area (Å²) in [7, 11) is 1.63. The first-order valence-electron chi connectivity index (χ1n) is 9.58. The molecule has 1 heterocycles. The standard InChI is InChI=1S/C22H26N2O3.ClH/c1-26-19-4-2-3-5-20(19)27-17-8-6-16(7-9-17)15-24-21(25)18-14-22(18)10-12-23-13-11-22;/h2-9,18,23H,10-15H2,1H3,(H,24,25);1H. The summed E-state index contributed by atoms with van der Waals surface area (Å²) in [4.78, 5) is 12.5. The van der Waals surface area contributed by atoms with Crippen LogP contribution in [0, 0.1) is 11.3 Å². The van der Waals surface area contributed by atoms with Crippen molar-refractivity contribution in [1.29, 1.82) is 0 Å². The van der Waals surface area contributed by atoms with Crippen molar-refractivity contribution in [3.05, 3.63) is 54.1 Å². The highest BCUT2D eigenvalue weighted by molar-refractivity contribution is 5.85. The molecule has 4 rings (SSSR count). The van der Waals surface area contributed by atoms with Gasteiger partial charge in [-0.2, -0.15) is 0 Å². The third kappa shape index (κ3) is 4.42. The van der Waals surface area contributed by atoms with Crippen molar-refractivity contribution in [2.75, 3.05) is 20.2 Å². The van der Waals surface area contributed by atoms with Gasteiger partial charge in [-0.15, -0.1) is 12.4 Å². The van der Waals surface area contributed by atoms with Crippen LogP contribution in [-0.4, -0.2) is 26.1 Å². The maximum absolute atomic E-state index is 12.5. The minimum absolute atomic E-state index is 0. The number of benzene rings is 2. The van der Waals surface area contributed by atoms with Crippen LogP contribution >= 0.6 is 12.4 Å². The second-order valence-electron chi connectivity index (χ2n) is 7.48. The van der Waals surface area contributed by atoms with Gasteiger partial charge in [0.1, 0.15) is 5.75 Å². The molecule has 1 amide bonds. The predicted octanol–water partition coefficient (Wildman–Crippen LogP) is 3.92. The molecule has 2 fully saturated rings. The van der Waals surface area contributed by atoms with E-state index < -0.39 is 0 Å². The summed E-state index contributed by atoms with van der Waals surface area (Å²) in [5.74, 6) is 2.52. The van der Waals surface area contributed by atoms with E-state index in [-0.39, 0.29) is 29.6 Å². The molecule has 0 aromatic heterocycles. The molecule has 1 atom stereocenters. The largest absolute Gasteiger partial charge is 0.493 e. The molecular weight excluding hydrogens is 376 g/mol. The van der Waals surface area contributed by atoms with Crippen LogP contribution in [-0.2, 0) is 11.3 Å². The quantitative estimate of drug-likeness (QED) is 0.769. The van der Waals surface area contributed by atoms with Gasteiger partial charge in [0.2, 0.25) is 5.91 Å². The van der Waals surface area contributed by atoms with Crippen LogP contribution in [0.4, 0.5) is 0 Å². The molecule has 2 aromatic rings. The Morgan fingerprint density at radius 3 is 2.46 bits per heavy atom. The molecule has 28 heavy (non-hydrogen) atoms. The van der Waals surface area contributed by atoms with E-state index in [4.69, 9.17) is 9.47 Å². The van der Waals surface area contributed by atoms with Crippen LogP contribution in [0.15, 0.2) is 48.5 Å². The van der Waals surface area contributed by atoms with Crippen molar-refractivity contribution in [3.63, 3.8) is 0 Å². The smallest absolute Gasteiger partial charge is 0.223 e. The van der Waals surface area contributed by atoms with Gasteiger partial charge < -0.3 is 20.1 Å². The predicted molar refractivity (Wildman–Crippen MR) is 111 cm³/mol. The van der Waals surface area contributed by atoms with E-state index in [1.807, 2.05) is 48.5 Å². The number of ether oxygens (including phenoxy) is 2. The van der Waals surface area contributed by atoms with Gasteiger partial charge in [0, 0.05) is 12.5 Å². The summed E-state index contributed by atoms with van der Waals surface area (Å²) in [6.07, 6.45) is 3.30. The number of carbonyl (C=O) groups is 1. The number of methoxy groups -OCH3 is 1. The van der Waals surface area contributed by atoms with Crippen LogP contribution in [0.3, 0.4) is 0 Å². The Bertz CT molecular complexity index is 804. The van der Waals surface area contributed by atoms with E-state index in [0.29, 0.717) is 18.0 Å². The molecule has 2 N–H and O–H groups in total. The van der Waals surface area contributed by atoms with E-state index in [1.54, 1.807) is 7.11 Å². The van der Waals surface area contributed by atoms with Gasteiger partial charge in [-0.1, -0.05) is 24.3 Å². The van der Waals surface area contributed by atoms with E-state index in [2.05, 4.69) is 10.6 Å². The van der Waals surface area contributed by atoms with Crippen LogP contribution in [0.2, 0.25) is 0 Å². The van der Waals surface area contributed by atoms with Gasteiger partial charge in [-0.05, 0) is 67.6 Å². The molecule has 1 unspecified atom stereocenters. The Kier molecular flexibility index (Phi) is 6.47. The molecule has 1 aliphatic carbocycles. The average molecular weight is 403 g/mol. The highest BCUT2D eigenvalue weighted by Gasteiger charge is 2.57. The number of piperidine rings is 1. The number of rotatable bonds is 6. The van der Waals surface area contributed by atoms with Crippen molar-refractivity contribution in [1.82, 2.24) is 10.6 Å². The van der Waals surface area contributed by atoms with Crippen molar-refractivity contribution in [2.24, 2.45) is 11.3 Å². The highest BCUT2D eigenvalue weighted by atomic mass is 35.5. The van der Waals surface area contributed by atoms with Gasteiger partial charge in [0.25, 0.3) is 0 Å². The fraction of sp³-hybridized carbons (Fsp3) is 0.409. The van der Waals surface area contributed by atoms with Gasteiger partial charge in [0.05, 0.1) is 7.11 Å². The molecule has 1 saturated carbocycles. The Balaban J connectivity index is 0.00000225. The molecule has 5 nitrogen and oxygen atoms in total. The molecule has 0 radical (unpaired) electrons. The first kappa shape index (κ1) is 20.5. The second kappa shape index (κ2) is 8.84. The molecule has 2 aliphatic rings. The number of para-hydroxylation sites is 2. The summed E-state index contributed by atoms with van der Waals surface area (Å²) in [6, 6.07) is 15.4. The molecule has 1 aliphatic heterocycles. The van der Waals surface area contributed by atoms with Crippen LogP contribution in [0.1, 0.15) is 24.8 Å². The normalized spacial score (nSPS) is 19.4. The number of amides is 1. The summed E-state index contributed by atoms with van der Waals surface area (Å²) in [5.41, 5.74) is 1.35. The summed E-state index contributed by atoms with van der Waals surface area (Å²) in [6.45, 7) is 2.63. The fourth-order valence-electron chi connectivity index (χ4n) is 4.01. The lowest BCUT2D eigenvalue weighted by atomic mass is 9.92. The maximum Gasteiger partial charge on any atom is 0.223 e. The first-order chi connectivity index (χ1) is 13.2. The molecule has 0 bridgehead atoms. The lowest BCUT2D eigenvalue weighted by molar-refractivity contribution is -0.123. The SMILES string of the molecule is COc1ccccc1Oc1ccc(CNC(=O)C2CC23CCNCC3)cc1.Cl. The summed E-state index contributed by atoms with van der Waals surface area (Å²) < 4.78 is 11.2. The zero-order chi connectivity index (χ0) is 18.7. The van der Waals surface area contributed by atoms with Gasteiger partial charge in [0.15, 0.2) is 11.5 Å². The monoisotopic (exact) mass is 402 g/mol. The number of carbonyl (C=O) groups excluding carboxylic acids is 1. The highest BCUT2D eigenvalue weighted by Crippen LogP contribution is 2.58. The van der Waals surface area contributed by atoms with E-state index in [0.717, 1.165) is 43.7 Å². The van der Waals surface area contributed by atoms with Crippen molar-refractivity contribution >= 4 is 18.3 Å². The minimum atomic E-state index is 0. The summed E-state index contributed by atoms with van der Waals surface area (Å²) in [5, 5.41) is 6.48. The van der Waals surface area contributed by atoms with Crippen LogP contribution in [0.5, 0.6) is 17.2 Å². The zero-order valence-corrected chi connectivity index (χ0v) is 16.9. The number of hydrogen-bond donors (Lipinski definition) is 2. The Labute approximate surface area is 172 Å². The Morgan fingerprint density at radius 1 is 1.11 bits per heavy atom. The molecule has 150 valence electrons. The molecular formula is C22H27ClN2O3. The first-order valence-corrected chi connectivity index (χ1v) is 9.58. The van der Waals surface area contributed by atoms with Crippen molar-refractivity contribution < 1.29 is 14.3 Å². The Hall–Kier alpha value is -2.24. The second-order valence-corrected chi connectivity index (χ2v) is 7.48. The zero-order valence-electron chi connectivity index (χ0n) is 16.1. The van der Waals surface area contributed by atoms with E-state index in [1.165, 1.54) is 0 Å². The average Bonchev–Trinajstić information content (AvgIpc) is 3.41. The number of halogens is 1. The van der Waals surface area contributed by atoms with Gasteiger partial charge in [-0.25, -0.2) is 0 Å². The lowest BCUT2D eigenvalue weighted by Crippen LogP contribution is -2.33. The van der Waals surface area contributed by atoms with Crippen LogP contribution < -0.4 is 20.1 Å². The van der Waals surface area contributed by atoms with Crippen molar-refractivity contribution in [3.8, 4) is 17.2 Å². The molecule has 2 aromatic carbocycles. The maximum atomic E-state index is 12.5. The summed E-state index contributed by atoms with van der Waals surface area (Å²) >= 11 is 0. The van der Waals surface area contributed by atoms with Gasteiger partial charge in [-0.3, -0.25) is 4.79 Å². The fourth-order valence-corrected chi connectivity index (χ4v) is 4.01. The van der Waals surface area contributed by atoms with Gasteiger partial charge >= 0.3 is 0 Å². The van der Waals surface area contributed by atoms with E-state index >= 15 is 0 Å². The molecule has 1 saturated heterocycles. The lowest BCUT2D eigenvalue weighted by Gasteiger charge is -2.23. The van der Waals surface area contributed by atoms with E-state index in [9.17, 15) is 4.79 Å². The number of hydrogen-bond acceptors (Lipinski definition) is 4. The molecule has 1 spiro atoms. The third-order valence-corrected chi connectivity index (χ3v) is 5.79. The Morgan fingerprint density at radius 2 is 1.79 bits per heavy atom. The van der Waals surface area contributed by atoms with Crippen molar-refractivity contribution in [2.45, 2.75) is 25.8 Å². The van der Waals surface area contributed by atoms with Crippen LogP contribution in [0.25, 0.3) is 0 Å².